The predicted octanol–water partition coefficient (Wildman–Crippen LogP) is 2.87. The van der Waals surface area contributed by atoms with Crippen molar-refractivity contribution in [3.8, 4) is 0 Å². The molecule has 1 heterocycles. The second-order valence-corrected chi connectivity index (χ2v) is 3.19. The fraction of sp³-hybridized carbons (Fsp3) is 0. The molecule has 1 aromatic heterocycles. The van der Waals surface area contributed by atoms with Crippen LogP contribution in [0.3, 0.4) is 0 Å². The van der Waals surface area contributed by atoms with Gasteiger partial charge in [-0.3, -0.25) is 0 Å². The first-order valence-electron chi connectivity index (χ1n) is 5.16. The van der Waals surface area contributed by atoms with Crippen LogP contribution in [-0.4, -0.2) is 15.6 Å². The zero-order chi connectivity index (χ0) is 11.8. The van der Waals surface area contributed by atoms with E-state index in [2.05, 4.69) is 15.6 Å². The topological polar surface area (TPSA) is 51.8 Å². The van der Waals surface area contributed by atoms with Gasteiger partial charge in [0, 0.05) is 5.39 Å². The zero-order valence-electron chi connectivity index (χ0n) is 9.10. The molecule has 0 radical (unpaired) electrons. The molecule has 0 N–H and O–H groups in total. The van der Waals surface area contributed by atoms with E-state index < -0.39 is 0 Å². The number of rotatable bonds is 0. The van der Waals surface area contributed by atoms with E-state index in [4.69, 9.17) is 4.52 Å². The lowest BCUT2D eigenvalue weighted by molar-refractivity contribution is 0.390. The Balaban J connectivity index is 2.67. The fourth-order valence-corrected chi connectivity index (χ4v) is 1.25. The molecule has 17 heavy (non-hydrogen) atoms. The number of para-hydroxylation sites is 1. The van der Waals surface area contributed by atoms with Crippen LogP contribution < -0.4 is 0 Å². The van der Waals surface area contributed by atoms with E-state index >= 15 is 0 Å². The number of aromatic nitrogens is 3. The first kappa shape index (κ1) is 11.0. The van der Waals surface area contributed by atoms with Crippen LogP contribution in [0.15, 0.2) is 71.4 Å². The van der Waals surface area contributed by atoms with Gasteiger partial charge in [-0.2, -0.15) is 0 Å². The maximum Gasteiger partial charge on any atom is 0.167 e. The Morgan fingerprint density at radius 1 is 0.765 bits per heavy atom. The largest absolute Gasteiger partial charge is 0.337 e. The quantitative estimate of drug-likeness (QED) is 0.691. The second-order valence-electron chi connectivity index (χ2n) is 3.19. The molecule has 0 amide bonds. The highest BCUT2D eigenvalue weighted by Crippen LogP contribution is 2.07. The summed E-state index contributed by atoms with van der Waals surface area (Å²) in [6.45, 7) is 0. The Morgan fingerprint density at radius 3 is 2.41 bits per heavy atom. The molecule has 0 bridgehead atoms. The first-order chi connectivity index (χ1) is 8.47. The van der Waals surface area contributed by atoms with Crippen LogP contribution in [0.4, 0.5) is 0 Å². The number of benzene rings is 1. The summed E-state index contributed by atoms with van der Waals surface area (Å²) in [5, 5.41) is 11.6. The van der Waals surface area contributed by atoms with Crippen LogP contribution in [0.2, 0.25) is 0 Å². The number of fused-ring (bicyclic) bond motifs is 1. The molecule has 84 valence electrons. The summed E-state index contributed by atoms with van der Waals surface area (Å²) in [4.78, 5) is 0. The molecule has 0 unspecified atom stereocenters. The van der Waals surface area contributed by atoms with Gasteiger partial charge in [0.25, 0.3) is 0 Å². The molecule has 0 aliphatic carbocycles. The van der Waals surface area contributed by atoms with Gasteiger partial charge in [-0.05, 0) is 17.3 Å². The van der Waals surface area contributed by atoms with Crippen molar-refractivity contribution in [1.29, 1.82) is 0 Å². The van der Waals surface area contributed by atoms with Crippen molar-refractivity contribution in [3.63, 3.8) is 0 Å². The van der Waals surface area contributed by atoms with Crippen molar-refractivity contribution in [2.75, 3.05) is 0 Å². The molecule has 0 aliphatic rings. The minimum Gasteiger partial charge on any atom is -0.337 e. The molecule has 1 aromatic carbocycles. The van der Waals surface area contributed by atoms with Gasteiger partial charge in [0.2, 0.25) is 0 Å². The fourth-order valence-electron chi connectivity index (χ4n) is 1.25. The SMILES string of the molecule is c1cccnnnoc2ccccc2ccc1. The van der Waals surface area contributed by atoms with Crippen molar-refractivity contribution < 1.29 is 4.52 Å². The number of hydrogen-bond acceptors (Lipinski definition) is 4. The van der Waals surface area contributed by atoms with Crippen LogP contribution in [0.25, 0.3) is 11.0 Å². The van der Waals surface area contributed by atoms with E-state index in [0.29, 0.717) is 5.58 Å². The van der Waals surface area contributed by atoms with Gasteiger partial charge in [-0.1, -0.05) is 48.5 Å². The first-order valence-corrected chi connectivity index (χ1v) is 5.16. The summed E-state index contributed by atoms with van der Waals surface area (Å²) < 4.78 is 5.15. The summed E-state index contributed by atoms with van der Waals surface area (Å²) in [6, 6.07) is 18.9. The molecule has 0 saturated carbocycles. The van der Waals surface area contributed by atoms with E-state index in [1.165, 1.54) is 6.20 Å². The summed E-state index contributed by atoms with van der Waals surface area (Å²) in [5.74, 6) is 0. The molecule has 4 nitrogen and oxygen atoms in total. The highest BCUT2D eigenvalue weighted by atomic mass is 16.5. The summed E-state index contributed by atoms with van der Waals surface area (Å²) >= 11 is 0. The highest BCUT2D eigenvalue weighted by Gasteiger charge is 1.86. The molecule has 2 aromatic rings. The van der Waals surface area contributed by atoms with Gasteiger partial charge in [0.15, 0.2) is 5.58 Å². The maximum absolute atomic E-state index is 5.15. The van der Waals surface area contributed by atoms with E-state index in [-0.39, 0.29) is 0 Å². The van der Waals surface area contributed by atoms with E-state index in [1.54, 1.807) is 6.07 Å². The molecule has 0 spiro atoms. The average Bonchev–Trinajstić information content (AvgIpc) is 2.38. The Morgan fingerprint density at radius 2 is 1.47 bits per heavy atom. The van der Waals surface area contributed by atoms with E-state index in [1.807, 2.05) is 54.6 Å². The highest BCUT2D eigenvalue weighted by molar-refractivity contribution is 5.74. The lowest BCUT2D eigenvalue weighted by Gasteiger charge is -1.87. The number of nitrogens with zero attached hydrogens (tertiary/aromatic N) is 3. The minimum absolute atomic E-state index is 0.642. The normalized spacial score (nSPS) is 9.18. The average molecular weight is 225 g/mol. The van der Waals surface area contributed by atoms with Crippen molar-refractivity contribution in [1.82, 2.24) is 15.6 Å². The predicted molar refractivity (Wildman–Crippen MR) is 64.9 cm³/mol. The monoisotopic (exact) mass is 225 g/mol. The van der Waals surface area contributed by atoms with Crippen LogP contribution in [0, 0.1) is 0 Å². The van der Waals surface area contributed by atoms with Crippen LogP contribution >= 0.6 is 0 Å². The van der Waals surface area contributed by atoms with Gasteiger partial charge < -0.3 is 4.52 Å². The molecular formula is C13H11N3O. The molecule has 4 heteroatoms. The van der Waals surface area contributed by atoms with Crippen molar-refractivity contribution in [3.05, 3.63) is 66.9 Å². The molecule has 0 aliphatic heterocycles. The molecule has 0 fully saturated rings. The lowest BCUT2D eigenvalue weighted by Crippen LogP contribution is -1.76. The van der Waals surface area contributed by atoms with Crippen molar-refractivity contribution in [2.45, 2.75) is 0 Å². The third-order valence-corrected chi connectivity index (χ3v) is 2.02. The summed E-state index contributed by atoms with van der Waals surface area (Å²) in [6.07, 6.45) is 1.53. The van der Waals surface area contributed by atoms with E-state index in [9.17, 15) is 0 Å². The van der Waals surface area contributed by atoms with Gasteiger partial charge in [0.1, 0.15) is 0 Å². The summed E-state index contributed by atoms with van der Waals surface area (Å²) in [7, 11) is 0. The van der Waals surface area contributed by atoms with Gasteiger partial charge >= 0.3 is 0 Å². The van der Waals surface area contributed by atoms with E-state index in [0.717, 1.165) is 5.39 Å². The van der Waals surface area contributed by atoms with Crippen molar-refractivity contribution in [2.24, 2.45) is 0 Å². The lowest BCUT2D eigenvalue weighted by atomic mass is 10.2. The zero-order valence-corrected chi connectivity index (χ0v) is 9.10. The molecule has 2 rings (SSSR count). The Bertz CT molecular complexity index is 541. The van der Waals surface area contributed by atoms with Crippen LogP contribution in [0.5, 0.6) is 0 Å². The third-order valence-electron chi connectivity index (χ3n) is 2.02. The Hall–Kier alpha value is -2.49. The summed E-state index contributed by atoms with van der Waals surface area (Å²) in [5.41, 5.74) is 0.642. The molecular weight excluding hydrogens is 214 g/mol. The van der Waals surface area contributed by atoms with Crippen molar-refractivity contribution >= 4 is 11.0 Å². The second kappa shape index (κ2) is 6.17. The van der Waals surface area contributed by atoms with Crippen LogP contribution in [0.1, 0.15) is 0 Å². The van der Waals surface area contributed by atoms with Gasteiger partial charge in [0.05, 0.1) is 11.5 Å². The Labute approximate surface area is 98.5 Å². The molecule has 0 atom stereocenters. The van der Waals surface area contributed by atoms with Crippen LogP contribution in [-0.2, 0) is 0 Å². The van der Waals surface area contributed by atoms with Gasteiger partial charge in [-0.15, -0.1) is 5.10 Å². The molecule has 0 saturated heterocycles. The Kier molecular flexibility index (Phi) is 4.00. The maximum atomic E-state index is 5.15. The third kappa shape index (κ3) is 3.53. The smallest absolute Gasteiger partial charge is 0.167 e. The standard InChI is InChI=1S/C13H11N3O/c1-2-4-8-12-9-5-6-10-13(12)17-16-15-14-11-7-3-1/h1-11H. The minimum atomic E-state index is 0.642. The van der Waals surface area contributed by atoms with Gasteiger partial charge in [-0.25, -0.2) is 0 Å². The number of hydrogen-bond donors (Lipinski definition) is 0.